The summed E-state index contributed by atoms with van der Waals surface area (Å²) >= 11 is 6.08. The quantitative estimate of drug-likeness (QED) is 0.374. The second-order valence-electron chi connectivity index (χ2n) is 3.96. The van der Waals surface area contributed by atoms with Crippen molar-refractivity contribution in [2.24, 2.45) is 11.3 Å². The Balaban J connectivity index is 2.27. The highest BCUT2D eigenvalue weighted by atomic mass is 35.5. The molecule has 0 aromatic heterocycles. The second-order valence-corrected chi connectivity index (χ2v) is 4.46. The molecule has 0 spiro atoms. The van der Waals surface area contributed by atoms with E-state index in [9.17, 15) is 0 Å². The highest BCUT2D eigenvalue weighted by molar-refractivity contribution is 6.22. The van der Waals surface area contributed by atoms with Crippen molar-refractivity contribution in [2.45, 2.75) is 31.6 Å². The maximum Gasteiger partial charge on any atom is 0.0544 e. The lowest BCUT2D eigenvalue weighted by molar-refractivity contribution is 0.399. The minimum Gasteiger partial charge on any atom is -0.118 e. The van der Waals surface area contributed by atoms with Crippen molar-refractivity contribution in [1.82, 2.24) is 0 Å². The fraction of sp³-hybridized carbons (Fsp3) is 0.778. The van der Waals surface area contributed by atoms with Crippen molar-refractivity contribution >= 4 is 11.6 Å². The molecule has 0 aromatic carbocycles. The van der Waals surface area contributed by atoms with Crippen LogP contribution in [0.15, 0.2) is 12.2 Å². The number of allylic oxidation sites excluding steroid dienone is 2. The lowest BCUT2D eigenvalue weighted by Crippen LogP contribution is -2.18. The highest BCUT2D eigenvalue weighted by Crippen LogP contribution is 2.48. The summed E-state index contributed by atoms with van der Waals surface area (Å²) in [5.74, 6) is 0.775. The summed E-state index contributed by atoms with van der Waals surface area (Å²) in [7, 11) is 0. The van der Waals surface area contributed by atoms with E-state index in [1.54, 1.807) is 0 Å². The van der Waals surface area contributed by atoms with Gasteiger partial charge in [0.1, 0.15) is 0 Å². The van der Waals surface area contributed by atoms with Gasteiger partial charge in [-0.2, -0.15) is 0 Å². The minimum atomic E-state index is 0.329. The zero-order chi connectivity index (χ0) is 7.19. The van der Waals surface area contributed by atoms with E-state index in [2.05, 4.69) is 19.1 Å². The molecule has 1 fully saturated rings. The van der Waals surface area contributed by atoms with Gasteiger partial charge in [-0.25, -0.2) is 0 Å². The van der Waals surface area contributed by atoms with Gasteiger partial charge in [-0.15, -0.1) is 11.6 Å². The van der Waals surface area contributed by atoms with Crippen LogP contribution < -0.4 is 0 Å². The Morgan fingerprint density at radius 1 is 1.60 bits per heavy atom. The number of hydrogen-bond donors (Lipinski definition) is 0. The first kappa shape index (κ1) is 6.72. The van der Waals surface area contributed by atoms with E-state index < -0.39 is 0 Å². The summed E-state index contributed by atoms with van der Waals surface area (Å²) in [6.07, 6.45) is 8.49. The number of fused-ring (bicyclic) bond motifs is 2. The van der Waals surface area contributed by atoms with Gasteiger partial charge in [-0.3, -0.25) is 0 Å². The summed E-state index contributed by atoms with van der Waals surface area (Å²) < 4.78 is 0. The van der Waals surface area contributed by atoms with Crippen molar-refractivity contribution < 1.29 is 0 Å². The maximum atomic E-state index is 6.08. The van der Waals surface area contributed by atoms with Crippen LogP contribution in [0.3, 0.4) is 0 Å². The van der Waals surface area contributed by atoms with Crippen LogP contribution in [0.1, 0.15) is 26.2 Å². The average molecular weight is 157 g/mol. The van der Waals surface area contributed by atoms with Gasteiger partial charge in [0.05, 0.1) is 5.38 Å². The second kappa shape index (κ2) is 2.01. The Bertz CT molecular complexity index is 174. The molecule has 2 aliphatic rings. The Morgan fingerprint density at radius 3 is 3.10 bits per heavy atom. The van der Waals surface area contributed by atoms with Crippen LogP contribution in [0, 0.1) is 11.3 Å². The van der Waals surface area contributed by atoms with E-state index in [0.29, 0.717) is 10.8 Å². The monoisotopic (exact) mass is 156 g/mol. The molecule has 0 aliphatic heterocycles. The third-order valence-corrected chi connectivity index (χ3v) is 3.45. The lowest BCUT2D eigenvalue weighted by atomic mass is 9.83. The van der Waals surface area contributed by atoms with Gasteiger partial charge in [-0.1, -0.05) is 19.1 Å². The fourth-order valence-electron chi connectivity index (χ4n) is 2.22. The molecular weight excluding hydrogens is 144 g/mol. The number of alkyl halides is 1. The maximum absolute atomic E-state index is 6.08. The largest absolute Gasteiger partial charge is 0.118 e. The molecule has 2 aliphatic carbocycles. The van der Waals surface area contributed by atoms with Crippen LogP contribution in [-0.4, -0.2) is 5.38 Å². The van der Waals surface area contributed by atoms with Gasteiger partial charge in [-0.05, 0) is 30.6 Å². The Morgan fingerprint density at radius 2 is 2.40 bits per heavy atom. The summed E-state index contributed by atoms with van der Waals surface area (Å²) in [5, 5.41) is 0.329. The molecular formula is C9H13Cl. The Labute approximate surface area is 67.3 Å². The molecule has 0 nitrogen and oxygen atoms in total. The van der Waals surface area contributed by atoms with Gasteiger partial charge in [0, 0.05) is 0 Å². The molecule has 3 unspecified atom stereocenters. The first-order valence-corrected chi connectivity index (χ1v) is 4.47. The van der Waals surface area contributed by atoms with Crippen molar-refractivity contribution in [3.63, 3.8) is 0 Å². The topological polar surface area (TPSA) is 0 Å². The van der Waals surface area contributed by atoms with E-state index in [1.807, 2.05) is 0 Å². The standard InChI is InChI=1S/C9H13Cl/c1-9-4-2-7(6-9)8(10)3-5-9/h3,5,7-8H,2,4,6H2,1H3. The van der Waals surface area contributed by atoms with Crippen LogP contribution in [0.2, 0.25) is 0 Å². The molecule has 0 heterocycles. The third-order valence-electron chi connectivity index (χ3n) is 2.95. The van der Waals surface area contributed by atoms with Crippen LogP contribution >= 0.6 is 11.6 Å². The van der Waals surface area contributed by atoms with Gasteiger partial charge >= 0.3 is 0 Å². The normalized spacial score (nSPS) is 51.8. The van der Waals surface area contributed by atoms with Crippen LogP contribution in [0.4, 0.5) is 0 Å². The molecule has 0 N–H and O–H groups in total. The van der Waals surface area contributed by atoms with E-state index >= 15 is 0 Å². The molecule has 2 bridgehead atoms. The molecule has 0 aromatic rings. The highest BCUT2D eigenvalue weighted by Gasteiger charge is 2.38. The molecule has 0 radical (unpaired) electrons. The van der Waals surface area contributed by atoms with Crippen molar-refractivity contribution in [2.75, 3.05) is 0 Å². The van der Waals surface area contributed by atoms with Crippen molar-refractivity contribution in [3.8, 4) is 0 Å². The van der Waals surface area contributed by atoms with Gasteiger partial charge < -0.3 is 0 Å². The lowest BCUT2D eigenvalue weighted by Gasteiger charge is -2.25. The van der Waals surface area contributed by atoms with E-state index in [-0.39, 0.29) is 0 Å². The molecule has 0 saturated heterocycles. The molecule has 3 atom stereocenters. The fourth-order valence-corrected chi connectivity index (χ4v) is 2.51. The van der Waals surface area contributed by atoms with Crippen molar-refractivity contribution in [3.05, 3.63) is 12.2 Å². The molecule has 1 saturated carbocycles. The number of hydrogen-bond acceptors (Lipinski definition) is 0. The smallest absolute Gasteiger partial charge is 0.0544 e. The van der Waals surface area contributed by atoms with Gasteiger partial charge in [0.15, 0.2) is 0 Å². The average Bonchev–Trinajstić information content (AvgIpc) is 2.23. The summed E-state index contributed by atoms with van der Waals surface area (Å²) in [6.45, 7) is 2.34. The first-order valence-electron chi connectivity index (χ1n) is 4.03. The molecule has 2 rings (SSSR count). The van der Waals surface area contributed by atoms with Crippen LogP contribution in [0.5, 0.6) is 0 Å². The Hall–Kier alpha value is 0.0300. The minimum absolute atomic E-state index is 0.329. The van der Waals surface area contributed by atoms with Crippen LogP contribution in [0.25, 0.3) is 0 Å². The summed E-state index contributed by atoms with van der Waals surface area (Å²) in [6, 6.07) is 0. The first-order chi connectivity index (χ1) is 4.70. The Kier molecular flexibility index (Phi) is 1.35. The molecule has 56 valence electrons. The molecule has 10 heavy (non-hydrogen) atoms. The van der Waals surface area contributed by atoms with E-state index in [0.717, 1.165) is 5.92 Å². The number of rotatable bonds is 0. The SMILES string of the molecule is CC12C=CC(Cl)C(CC1)C2. The number of halogens is 1. The van der Waals surface area contributed by atoms with Crippen molar-refractivity contribution in [1.29, 1.82) is 0 Å². The summed E-state index contributed by atoms with van der Waals surface area (Å²) in [4.78, 5) is 0. The molecule has 1 heteroatoms. The molecule has 0 amide bonds. The van der Waals surface area contributed by atoms with E-state index in [1.165, 1.54) is 19.3 Å². The third kappa shape index (κ3) is 0.897. The van der Waals surface area contributed by atoms with Gasteiger partial charge in [0.25, 0.3) is 0 Å². The predicted molar refractivity (Wildman–Crippen MR) is 44.2 cm³/mol. The van der Waals surface area contributed by atoms with Gasteiger partial charge in [0.2, 0.25) is 0 Å². The predicted octanol–water partition coefficient (Wildman–Crippen LogP) is 2.97. The summed E-state index contributed by atoms with van der Waals surface area (Å²) in [5.41, 5.74) is 0.510. The zero-order valence-electron chi connectivity index (χ0n) is 6.31. The van der Waals surface area contributed by atoms with Crippen LogP contribution in [-0.2, 0) is 0 Å². The zero-order valence-corrected chi connectivity index (χ0v) is 7.06. The van der Waals surface area contributed by atoms with E-state index in [4.69, 9.17) is 11.6 Å².